The summed E-state index contributed by atoms with van der Waals surface area (Å²) < 4.78 is 1.04. The molecule has 0 radical (unpaired) electrons. The maximum atomic E-state index is 12.6. The molecule has 0 aliphatic rings. The second-order valence-electron chi connectivity index (χ2n) is 5.74. The third-order valence-electron chi connectivity index (χ3n) is 4.14. The highest BCUT2D eigenvalue weighted by atomic mass is 16.3. The number of aliphatic hydroxyl groups is 1. The van der Waals surface area contributed by atoms with E-state index in [0.29, 0.717) is 5.69 Å². The molecule has 2 aromatic rings. The fourth-order valence-corrected chi connectivity index (χ4v) is 2.44. The van der Waals surface area contributed by atoms with Crippen LogP contribution in [-0.4, -0.2) is 21.4 Å². The molecule has 0 aliphatic carbocycles. The monoisotopic (exact) mass is 340 g/mol. The van der Waals surface area contributed by atoms with Crippen molar-refractivity contribution in [1.29, 1.82) is 5.26 Å². The molecule has 0 saturated carbocycles. The van der Waals surface area contributed by atoms with E-state index in [9.17, 15) is 15.2 Å². The number of aromatic nitrogens is 1. The third-order valence-corrected chi connectivity index (χ3v) is 4.14. The smallest absolute Gasteiger partial charge is 0.281 e. The Morgan fingerprint density at radius 2 is 1.92 bits per heavy atom. The summed E-state index contributed by atoms with van der Waals surface area (Å²) in [6, 6.07) is 7.48. The first-order valence-electron chi connectivity index (χ1n) is 7.87. The van der Waals surface area contributed by atoms with Gasteiger partial charge in [-0.25, -0.2) is 0 Å². The van der Waals surface area contributed by atoms with Crippen molar-refractivity contribution >= 4 is 11.4 Å². The Kier molecular flexibility index (Phi) is 5.67. The van der Waals surface area contributed by atoms with Crippen LogP contribution in [0.5, 0.6) is 5.88 Å². The van der Waals surface area contributed by atoms with Crippen molar-refractivity contribution in [2.24, 2.45) is 10.2 Å². The second kappa shape index (κ2) is 7.73. The van der Waals surface area contributed by atoms with Crippen LogP contribution in [0.1, 0.15) is 28.7 Å². The minimum atomic E-state index is -0.545. The van der Waals surface area contributed by atoms with Crippen LogP contribution in [0, 0.1) is 32.1 Å². The molecule has 0 aliphatic heterocycles. The highest BCUT2D eigenvalue weighted by Gasteiger charge is 2.19. The van der Waals surface area contributed by atoms with E-state index in [0.717, 1.165) is 15.7 Å². The normalized spacial score (nSPS) is 11.0. The summed E-state index contributed by atoms with van der Waals surface area (Å²) >= 11 is 0. The average molecular weight is 340 g/mol. The molecule has 1 heterocycles. The molecule has 0 unspecified atom stereocenters. The van der Waals surface area contributed by atoms with Gasteiger partial charge in [-0.15, -0.1) is 5.11 Å². The molecule has 0 amide bonds. The number of aromatic hydroxyl groups is 1. The van der Waals surface area contributed by atoms with E-state index in [1.165, 1.54) is 0 Å². The van der Waals surface area contributed by atoms with Gasteiger partial charge in [-0.05, 0) is 44.4 Å². The van der Waals surface area contributed by atoms with Gasteiger partial charge in [0.1, 0.15) is 11.6 Å². The minimum absolute atomic E-state index is 0.00759. The van der Waals surface area contributed by atoms with Gasteiger partial charge >= 0.3 is 0 Å². The number of pyridine rings is 1. The van der Waals surface area contributed by atoms with Gasteiger partial charge in [-0.1, -0.05) is 12.1 Å². The molecule has 0 saturated heterocycles. The van der Waals surface area contributed by atoms with Crippen LogP contribution in [0.2, 0.25) is 0 Å². The van der Waals surface area contributed by atoms with E-state index in [-0.39, 0.29) is 36.4 Å². The van der Waals surface area contributed by atoms with E-state index >= 15 is 0 Å². The highest BCUT2D eigenvalue weighted by Crippen LogP contribution is 2.28. The lowest BCUT2D eigenvalue weighted by Crippen LogP contribution is -2.22. The first-order chi connectivity index (χ1) is 11.9. The number of hydrogen-bond acceptors (Lipinski definition) is 6. The molecule has 1 aromatic heterocycles. The minimum Gasteiger partial charge on any atom is -0.493 e. The first-order valence-corrected chi connectivity index (χ1v) is 7.87. The van der Waals surface area contributed by atoms with Gasteiger partial charge in [0.25, 0.3) is 5.56 Å². The lowest BCUT2D eigenvalue weighted by Gasteiger charge is -2.12. The van der Waals surface area contributed by atoms with E-state index in [1.54, 1.807) is 13.0 Å². The summed E-state index contributed by atoms with van der Waals surface area (Å²) in [4.78, 5) is 12.6. The second-order valence-corrected chi connectivity index (χ2v) is 5.74. The lowest BCUT2D eigenvalue weighted by atomic mass is 10.1. The molecular formula is C18H20N4O3. The van der Waals surface area contributed by atoms with Crippen molar-refractivity contribution in [1.82, 2.24) is 4.57 Å². The number of nitrogens with zero attached hydrogens (tertiary/aromatic N) is 4. The molecule has 130 valence electrons. The van der Waals surface area contributed by atoms with Crippen LogP contribution in [0.25, 0.3) is 0 Å². The van der Waals surface area contributed by atoms with Gasteiger partial charge in [-0.3, -0.25) is 9.36 Å². The summed E-state index contributed by atoms with van der Waals surface area (Å²) in [5.74, 6) is -0.413. The molecule has 0 atom stereocenters. The van der Waals surface area contributed by atoms with Gasteiger partial charge in [0, 0.05) is 18.7 Å². The summed E-state index contributed by atoms with van der Waals surface area (Å²) in [5.41, 5.74) is 2.35. The first kappa shape index (κ1) is 18.4. The Morgan fingerprint density at radius 3 is 2.56 bits per heavy atom. The van der Waals surface area contributed by atoms with Gasteiger partial charge in [-0.2, -0.15) is 10.4 Å². The molecule has 1 aromatic carbocycles. The molecule has 7 nitrogen and oxygen atoms in total. The zero-order valence-corrected chi connectivity index (χ0v) is 14.4. The number of azo groups is 1. The van der Waals surface area contributed by atoms with Crippen LogP contribution in [0.15, 0.2) is 33.2 Å². The van der Waals surface area contributed by atoms with Crippen molar-refractivity contribution < 1.29 is 10.2 Å². The van der Waals surface area contributed by atoms with Crippen molar-refractivity contribution in [2.45, 2.75) is 33.7 Å². The Balaban J connectivity index is 2.61. The Hall–Kier alpha value is -2.98. The van der Waals surface area contributed by atoms with Gasteiger partial charge in [0.15, 0.2) is 5.69 Å². The van der Waals surface area contributed by atoms with Crippen molar-refractivity contribution in [3.8, 4) is 11.9 Å². The predicted molar refractivity (Wildman–Crippen MR) is 93.6 cm³/mol. The van der Waals surface area contributed by atoms with Crippen LogP contribution in [-0.2, 0) is 6.54 Å². The summed E-state index contributed by atoms with van der Waals surface area (Å²) in [7, 11) is 0. The Morgan fingerprint density at radius 1 is 1.20 bits per heavy atom. The number of hydrogen-bond donors (Lipinski definition) is 2. The van der Waals surface area contributed by atoms with Crippen LogP contribution < -0.4 is 5.56 Å². The number of benzene rings is 1. The molecular weight excluding hydrogens is 320 g/mol. The zero-order chi connectivity index (χ0) is 18.6. The quantitative estimate of drug-likeness (QED) is 0.814. The van der Waals surface area contributed by atoms with E-state index in [1.807, 2.05) is 32.0 Å². The highest BCUT2D eigenvalue weighted by molar-refractivity contribution is 5.57. The maximum absolute atomic E-state index is 12.6. The van der Waals surface area contributed by atoms with Crippen LogP contribution >= 0.6 is 0 Å². The largest absolute Gasteiger partial charge is 0.493 e. The fourth-order valence-electron chi connectivity index (χ4n) is 2.44. The molecule has 0 bridgehead atoms. The lowest BCUT2D eigenvalue weighted by molar-refractivity contribution is 0.274. The summed E-state index contributed by atoms with van der Waals surface area (Å²) in [5, 5.41) is 36.6. The van der Waals surface area contributed by atoms with Gasteiger partial charge < -0.3 is 10.2 Å². The Bertz CT molecular complexity index is 923. The van der Waals surface area contributed by atoms with Crippen LogP contribution in [0.3, 0.4) is 0 Å². The molecule has 25 heavy (non-hydrogen) atoms. The van der Waals surface area contributed by atoms with E-state index in [2.05, 4.69) is 10.2 Å². The van der Waals surface area contributed by atoms with Crippen molar-refractivity contribution in [3.63, 3.8) is 0 Å². The number of rotatable bonds is 5. The number of nitriles is 1. The van der Waals surface area contributed by atoms with E-state index in [4.69, 9.17) is 5.11 Å². The standard InChI is InChI=1S/C18H20N4O3/c1-11-6-4-7-15(12(11)2)20-21-16-13(3)14(10-19)17(24)22(18(16)25)8-5-9-23/h4,6-7,23-24H,5,8-9H2,1-3H3. The average Bonchev–Trinajstić information content (AvgIpc) is 2.58. The van der Waals surface area contributed by atoms with Crippen molar-refractivity contribution in [2.75, 3.05) is 6.61 Å². The van der Waals surface area contributed by atoms with Gasteiger partial charge in [0.05, 0.1) is 5.69 Å². The predicted octanol–water partition coefficient (Wildman–Crippen LogP) is 3.15. The topological polar surface area (TPSA) is 111 Å². The Labute approximate surface area is 145 Å². The van der Waals surface area contributed by atoms with Crippen molar-refractivity contribution in [3.05, 3.63) is 50.8 Å². The van der Waals surface area contributed by atoms with Gasteiger partial charge in [0.2, 0.25) is 5.88 Å². The molecule has 7 heteroatoms. The molecule has 0 spiro atoms. The maximum Gasteiger partial charge on any atom is 0.281 e. The fraction of sp³-hybridized carbons (Fsp3) is 0.333. The number of aryl methyl sites for hydroxylation is 1. The van der Waals surface area contributed by atoms with Crippen LogP contribution in [0.4, 0.5) is 11.4 Å². The summed E-state index contributed by atoms with van der Waals surface area (Å²) in [6.45, 7) is 5.36. The molecule has 2 rings (SSSR count). The molecule has 0 fully saturated rings. The molecule has 2 N–H and O–H groups in total. The summed E-state index contributed by atoms with van der Waals surface area (Å²) in [6.07, 6.45) is 0.273. The zero-order valence-electron chi connectivity index (χ0n) is 14.4. The van der Waals surface area contributed by atoms with E-state index < -0.39 is 11.4 Å². The third kappa shape index (κ3) is 3.59. The SMILES string of the molecule is Cc1cccc(N=Nc2c(C)c(C#N)c(O)n(CCCO)c2=O)c1C. The number of aliphatic hydroxyl groups excluding tert-OH is 1.